The van der Waals surface area contributed by atoms with Crippen molar-refractivity contribution in [2.45, 2.75) is 78.4 Å². The van der Waals surface area contributed by atoms with Crippen molar-refractivity contribution in [2.75, 3.05) is 13.2 Å². The maximum Gasteiger partial charge on any atom is 0.103 e. The molecule has 0 aliphatic rings. The summed E-state index contributed by atoms with van der Waals surface area (Å²) in [7, 11) is 0. The zero-order chi connectivity index (χ0) is 14.7. The van der Waals surface area contributed by atoms with Crippen molar-refractivity contribution in [1.82, 2.24) is 5.32 Å². The van der Waals surface area contributed by atoms with Crippen LogP contribution in [0.25, 0.3) is 0 Å². The van der Waals surface area contributed by atoms with Crippen LogP contribution < -0.4 is 5.32 Å². The van der Waals surface area contributed by atoms with Crippen LogP contribution in [-0.4, -0.2) is 24.8 Å². The molecule has 1 N–H and O–H groups in total. The van der Waals surface area contributed by atoms with E-state index < -0.39 is 0 Å². The second-order valence-electron chi connectivity index (χ2n) is 6.14. The number of nitrogens with zero attached hydrogens (tertiary/aromatic N) is 1. The van der Waals surface area contributed by atoms with Crippen molar-refractivity contribution in [1.29, 1.82) is 5.26 Å². The summed E-state index contributed by atoms with van der Waals surface area (Å²) in [6.45, 7) is 12.4. The Morgan fingerprint density at radius 2 is 1.95 bits per heavy atom. The number of hydrogen-bond acceptors (Lipinski definition) is 3. The predicted octanol–water partition coefficient (Wildman–Crippen LogP) is 3.89. The van der Waals surface area contributed by atoms with E-state index in [1.807, 2.05) is 6.92 Å². The van der Waals surface area contributed by atoms with E-state index >= 15 is 0 Å². The average molecular weight is 268 g/mol. The van der Waals surface area contributed by atoms with Crippen LogP contribution in [0.2, 0.25) is 0 Å². The summed E-state index contributed by atoms with van der Waals surface area (Å²) in [5, 5.41) is 12.5. The molecule has 0 saturated carbocycles. The normalized spacial score (nSPS) is 16.1. The number of nitrogens with one attached hydrogen (secondary N) is 1. The molecular formula is C16H32N2O. The van der Waals surface area contributed by atoms with Gasteiger partial charge in [-0.3, -0.25) is 5.32 Å². The second-order valence-corrected chi connectivity index (χ2v) is 6.14. The average Bonchev–Trinajstić information content (AvgIpc) is 2.35. The topological polar surface area (TPSA) is 45.0 Å². The Kier molecular flexibility index (Phi) is 9.91. The number of unbranched alkanes of at least 4 members (excludes halogenated alkanes) is 1. The van der Waals surface area contributed by atoms with Gasteiger partial charge in [-0.25, -0.2) is 0 Å². The van der Waals surface area contributed by atoms with Crippen LogP contribution in [0, 0.1) is 17.2 Å². The Balaban J connectivity index is 3.69. The van der Waals surface area contributed by atoms with Gasteiger partial charge in [0.15, 0.2) is 0 Å². The molecule has 0 rings (SSSR count). The van der Waals surface area contributed by atoms with E-state index in [0.29, 0.717) is 12.0 Å². The van der Waals surface area contributed by atoms with E-state index in [1.165, 1.54) is 0 Å². The molecule has 0 radical (unpaired) electrons. The van der Waals surface area contributed by atoms with Crippen molar-refractivity contribution in [2.24, 2.45) is 5.92 Å². The lowest BCUT2D eigenvalue weighted by Crippen LogP contribution is -2.41. The van der Waals surface area contributed by atoms with Gasteiger partial charge in [0, 0.05) is 6.61 Å². The summed E-state index contributed by atoms with van der Waals surface area (Å²) in [4.78, 5) is 0. The van der Waals surface area contributed by atoms with Gasteiger partial charge in [-0.15, -0.1) is 0 Å². The van der Waals surface area contributed by atoms with Crippen LogP contribution >= 0.6 is 0 Å². The summed E-state index contributed by atoms with van der Waals surface area (Å²) >= 11 is 0. The first-order valence-corrected chi connectivity index (χ1v) is 7.71. The van der Waals surface area contributed by atoms with Crippen molar-refractivity contribution >= 4 is 0 Å². The van der Waals surface area contributed by atoms with Crippen molar-refractivity contribution in [3.05, 3.63) is 0 Å². The first kappa shape index (κ1) is 18.4. The molecule has 0 aliphatic heterocycles. The molecule has 3 nitrogen and oxygen atoms in total. The Morgan fingerprint density at radius 1 is 1.26 bits per heavy atom. The molecule has 0 heterocycles. The molecule has 0 spiro atoms. The molecule has 2 unspecified atom stereocenters. The van der Waals surface area contributed by atoms with Crippen molar-refractivity contribution in [3.8, 4) is 6.07 Å². The number of nitriles is 1. The zero-order valence-corrected chi connectivity index (χ0v) is 13.5. The van der Waals surface area contributed by atoms with Crippen LogP contribution in [-0.2, 0) is 4.74 Å². The highest BCUT2D eigenvalue weighted by molar-refractivity contribution is 5.03. The second kappa shape index (κ2) is 10.2. The van der Waals surface area contributed by atoms with Crippen LogP contribution in [0.15, 0.2) is 0 Å². The van der Waals surface area contributed by atoms with E-state index in [1.54, 1.807) is 0 Å². The van der Waals surface area contributed by atoms with Gasteiger partial charge >= 0.3 is 0 Å². The minimum Gasteiger partial charge on any atom is -0.379 e. The standard InChI is InChI=1S/C16H32N2O/c1-6-10-18-16(5,13-17)9-7-8-11-19-15(4)12-14(2)3/h14-15,18H,6-12H2,1-5H3. The summed E-state index contributed by atoms with van der Waals surface area (Å²) in [5.41, 5.74) is -0.375. The summed E-state index contributed by atoms with van der Waals surface area (Å²) in [6, 6.07) is 2.39. The summed E-state index contributed by atoms with van der Waals surface area (Å²) in [6.07, 6.45) is 5.50. The molecule has 0 aliphatic carbocycles. The highest BCUT2D eigenvalue weighted by Gasteiger charge is 2.21. The molecule has 2 atom stereocenters. The molecule has 112 valence electrons. The minimum atomic E-state index is -0.375. The van der Waals surface area contributed by atoms with Crippen molar-refractivity contribution in [3.63, 3.8) is 0 Å². The SMILES string of the molecule is CCCNC(C)(C#N)CCCCOC(C)CC(C)C. The minimum absolute atomic E-state index is 0.348. The Hall–Kier alpha value is -0.590. The van der Waals surface area contributed by atoms with Gasteiger partial charge < -0.3 is 4.74 Å². The van der Waals surface area contributed by atoms with Gasteiger partial charge in [-0.1, -0.05) is 20.8 Å². The number of hydrogen-bond donors (Lipinski definition) is 1. The van der Waals surface area contributed by atoms with Crippen LogP contribution in [0.5, 0.6) is 0 Å². The lowest BCUT2D eigenvalue weighted by molar-refractivity contribution is 0.0489. The fraction of sp³-hybridized carbons (Fsp3) is 0.938. The third kappa shape index (κ3) is 9.92. The predicted molar refractivity (Wildman–Crippen MR) is 81.0 cm³/mol. The lowest BCUT2D eigenvalue weighted by Gasteiger charge is -2.23. The maximum absolute atomic E-state index is 9.21. The van der Waals surface area contributed by atoms with Gasteiger partial charge in [0.2, 0.25) is 0 Å². The number of ether oxygens (including phenoxy) is 1. The number of rotatable bonds is 11. The van der Waals surface area contributed by atoms with Gasteiger partial charge in [0.05, 0.1) is 12.2 Å². The maximum atomic E-state index is 9.21. The lowest BCUT2D eigenvalue weighted by atomic mass is 9.96. The fourth-order valence-corrected chi connectivity index (χ4v) is 2.18. The van der Waals surface area contributed by atoms with E-state index in [2.05, 4.69) is 39.1 Å². The molecule has 0 amide bonds. The van der Waals surface area contributed by atoms with Gasteiger partial charge in [-0.2, -0.15) is 5.26 Å². The van der Waals surface area contributed by atoms with Crippen molar-refractivity contribution < 1.29 is 4.74 Å². The smallest absolute Gasteiger partial charge is 0.103 e. The van der Waals surface area contributed by atoms with Crippen LogP contribution in [0.1, 0.15) is 66.7 Å². The zero-order valence-electron chi connectivity index (χ0n) is 13.5. The molecule has 0 fully saturated rings. The Labute approximate surface area is 119 Å². The fourth-order valence-electron chi connectivity index (χ4n) is 2.18. The highest BCUT2D eigenvalue weighted by Crippen LogP contribution is 2.14. The van der Waals surface area contributed by atoms with Crippen LogP contribution in [0.3, 0.4) is 0 Å². The highest BCUT2D eigenvalue weighted by atomic mass is 16.5. The first-order chi connectivity index (χ1) is 8.93. The van der Waals surface area contributed by atoms with Gasteiger partial charge in [-0.05, 0) is 58.4 Å². The largest absolute Gasteiger partial charge is 0.379 e. The van der Waals surface area contributed by atoms with E-state index in [9.17, 15) is 5.26 Å². The monoisotopic (exact) mass is 268 g/mol. The molecule has 0 bridgehead atoms. The molecule has 19 heavy (non-hydrogen) atoms. The molecular weight excluding hydrogens is 236 g/mol. The molecule has 3 heteroatoms. The quantitative estimate of drug-likeness (QED) is 0.578. The third-order valence-electron chi connectivity index (χ3n) is 3.29. The molecule has 0 saturated heterocycles. The molecule has 0 aromatic carbocycles. The molecule has 0 aromatic rings. The molecule has 0 aromatic heterocycles. The van der Waals surface area contributed by atoms with E-state index in [-0.39, 0.29) is 5.54 Å². The Bertz CT molecular complexity index is 260. The van der Waals surface area contributed by atoms with E-state index in [0.717, 1.165) is 45.3 Å². The third-order valence-corrected chi connectivity index (χ3v) is 3.29. The van der Waals surface area contributed by atoms with E-state index in [4.69, 9.17) is 4.74 Å². The van der Waals surface area contributed by atoms with Gasteiger partial charge in [0.1, 0.15) is 5.54 Å². The van der Waals surface area contributed by atoms with Gasteiger partial charge in [0.25, 0.3) is 0 Å². The Morgan fingerprint density at radius 3 is 2.47 bits per heavy atom. The first-order valence-electron chi connectivity index (χ1n) is 7.71. The summed E-state index contributed by atoms with van der Waals surface area (Å²) < 4.78 is 5.78. The van der Waals surface area contributed by atoms with Crippen LogP contribution in [0.4, 0.5) is 0 Å². The summed E-state index contributed by atoms with van der Waals surface area (Å²) in [5.74, 6) is 0.690.